The van der Waals surface area contributed by atoms with Crippen LogP contribution in [-0.2, 0) is 11.3 Å². The Balaban J connectivity index is 2.04. The SMILES string of the molecule is COCCNCc1cn(-c2ccc(F)cc2I)nn1. The number of methoxy groups -OCH3 is 1. The summed E-state index contributed by atoms with van der Waals surface area (Å²) in [5, 5.41) is 11.3. The topological polar surface area (TPSA) is 52.0 Å². The van der Waals surface area contributed by atoms with Crippen molar-refractivity contribution in [3.63, 3.8) is 0 Å². The minimum absolute atomic E-state index is 0.255. The highest BCUT2D eigenvalue weighted by molar-refractivity contribution is 14.1. The van der Waals surface area contributed by atoms with Crippen molar-refractivity contribution in [1.82, 2.24) is 20.3 Å². The van der Waals surface area contributed by atoms with E-state index in [-0.39, 0.29) is 5.82 Å². The minimum Gasteiger partial charge on any atom is -0.383 e. The van der Waals surface area contributed by atoms with E-state index in [1.807, 2.05) is 6.20 Å². The molecule has 19 heavy (non-hydrogen) atoms. The van der Waals surface area contributed by atoms with Gasteiger partial charge in [0, 0.05) is 23.8 Å². The van der Waals surface area contributed by atoms with Gasteiger partial charge in [-0.15, -0.1) is 5.10 Å². The molecule has 0 aliphatic rings. The van der Waals surface area contributed by atoms with Gasteiger partial charge in [0.05, 0.1) is 24.2 Å². The maximum Gasteiger partial charge on any atom is 0.124 e. The van der Waals surface area contributed by atoms with Gasteiger partial charge in [-0.1, -0.05) is 5.21 Å². The molecular weight excluding hydrogens is 362 g/mol. The smallest absolute Gasteiger partial charge is 0.124 e. The number of hydrogen-bond acceptors (Lipinski definition) is 4. The normalized spacial score (nSPS) is 10.9. The molecule has 0 unspecified atom stereocenters. The molecule has 1 aromatic heterocycles. The summed E-state index contributed by atoms with van der Waals surface area (Å²) in [6, 6.07) is 4.57. The standard InChI is InChI=1S/C12H14FIN4O/c1-19-5-4-15-7-10-8-18(17-16-10)12-3-2-9(13)6-11(12)14/h2-3,6,8,15H,4-5,7H2,1H3. The molecule has 0 saturated heterocycles. The highest BCUT2D eigenvalue weighted by Gasteiger charge is 2.07. The Bertz CT molecular complexity index is 546. The van der Waals surface area contributed by atoms with E-state index in [2.05, 4.69) is 38.2 Å². The zero-order chi connectivity index (χ0) is 13.7. The molecule has 1 heterocycles. The minimum atomic E-state index is -0.255. The monoisotopic (exact) mass is 376 g/mol. The van der Waals surface area contributed by atoms with Gasteiger partial charge in [0.25, 0.3) is 0 Å². The van der Waals surface area contributed by atoms with Crippen molar-refractivity contribution < 1.29 is 9.13 Å². The number of rotatable bonds is 6. The van der Waals surface area contributed by atoms with Crippen molar-refractivity contribution in [2.24, 2.45) is 0 Å². The molecule has 0 saturated carbocycles. The zero-order valence-electron chi connectivity index (χ0n) is 10.4. The van der Waals surface area contributed by atoms with Gasteiger partial charge in [0.15, 0.2) is 0 Å². The largest absolute Gasteiger partial charge is 0.383 e. The second-order valence-electron chi connectivity index (χ2n) is 3.92. The summed E-state index contributed by atoms with van der Waals surface area (Å²) in [7, 11) is 1.66. The molecule has 0 amide bonds. The van der Waals surface area contributed by atoms with Gasteiger partial charge in [0.1, 0.15) is 5.82 Å². The van der Waals surface area contributed by atoms with Crippen LogP contribution in [0.25, 0.3) is 5.69 Å². The number of hydrogen-bond donors (Lipinski definition) is 1. The fraction of sp³-hybridized carbons (Fsp3) is 0.333. The summed E-state index contributed by atoms with van der Waals surface area (Å²) in [6.07, 6.45) is 1.83. The van der Waals surface area contributed by atoms with Crippen molar-refractivity contribution in [2.45, 2.75) is 6.54 Å². The van der Waals surface area contributed by atoms with E-state index < -0.39 is 0 Å². The fourth-order valence-corrected chi connectivity index (χ4v) is 2.28. The molecule has 0 bridgehead atoms. The molecule has 0 aliphatic heterocycles. The number of halogens is 2. The van der Waals surface area contributed by atoms with Gasteiger partial charge in [-0.2, -0.15) is 0 Å². The van der Waals surface area contributed by atoms with Crippen LogP contribution < -0.4 is 5.32 Å². The summed E-state index contributed by atoms with van der Waals surface area (Å²) in [5.41, 5.74) is 1.65. The summed E-state index contributed by atoms with van der Waals surface area (Å²) < 4.78 is 20.4. The molecule has 7 heteroatoms. The van der Waals surface area contributed by atoms with Gasteiger partial charge in [0.2, 0.25) is 0 Å². The molecule has 1 N–H and O–H groups in total. The van der Waals surface area contributed by atoms with Crippen LogP contribution in [0.15, 0.2) is 24.4 Å². The zero-order valence-corrected chi connectivity index (χ0v) is 12.6. The first-order valence-electron chi connectivity index (χ1n) is 5.77. The Morgan fingerprint density at radius 2 is 2.32 bits per heavy atom. The van der Waals surface area contributed by atoms with Crippen LogP contribution in [0.4, 0.5) is 4.39 Å². The lowest BCUT2D eigenvalue weighted by atomic mass is 10.3. The molecule has 0 spiro atoms. The molecule has 0 aliphatic carbocycles. The van der Waals surface area contributed by atoms with Crippen LogP contribution in [0, 0.1) is 9.39 Å². The number of benzene rings is 1. The van der Waals surface area contributed by atoms with E-state index in [1.54, 1.807) is 17.9 Å². The van der Waals surface area contributed by atoms with E-state index in [4.69, 9.17) is 4.74 Å². The van der Waals surface area contributed by atoms with Gasteiger partial charge in [-0.05, 0) is 40.8 Å². The van der Waals surface area contributed by atoms with Gasteiger partial charge < -0.3 is 10.1 Å². The predicted molar refractivity (Wildman–Crippen MR) is 77.6 cm³/mol. The Morgan fingerprint density at radius 3 is 3.05 bits per heavy atom. The van der Waals surface area contributed by atoms with Crippen LogP contribution in [-0.4, -0.2) is 35.3 Å². The quantitative estimate of drug-likeness (QED) is 0.617. The van der Waals surface area contributed by atoms with Crippen molar-refractivity contribution in [1.29, 1.82) is 0 Å². The highest BCUT2D eigenvalue weighted by atomic mass is 127. The lowest BCUT2D eigenvalue weighted by molar-refractivity contribution is 0.199. The van der Waals surface area contributed by atoms with Crippen molar-refractivity contribution in [3.05, 3.63) is 39.5 Å². The molecule has 102 valence electrons. The molecule has 5 nitrogen and oxygen atoms in total. The lowest BCUT2D eigenvalue weighted by Gasteiger charge is -2.03. The highest BCUT2D eigenvalue weighted by Crippen LogP contribution is 2.17. The second kappa shape index (κ2) is 6.92. The summed E-state index contributed by atoms with van der Waals surface area (Å²) in [4.78, 5) is 0. The Morgan fingerprint density at radius 1 is 1.47 bits per heavy atom. The average Bonchev–Trinajstić information content (AvgIpc) is 2.83. The number of ether oxygens (including phenoxy) is 1. The van der Waals surface area contributed by atoms with E-state index in [0.29, 0.717) is 13.2 Å². The van der Waals surface area contributed by atoms with Crippen LogP contribution in [0.2, 0.25) is 0 Å². The molecule has 0 fully saturated rings. The van der Waals surface area contributed by atoms with Crippen molar-refractivity contribution in [3.8, 4) is 5.69 Å². The van der Waals surface area contributed by atoms with Crippen molar-refractivity contribution in [2.75, 3.05) is 20.3 Å². The molecule has 0 atom stereocenters. The van der Waals surface area contributed by atoms with Gasteiger partial charge in [-0.3, -0.25) is 0 Å². The predicted octanol–water partition coefficient (Wildman–Crippen LogP) is 1.75. The Labute approximate surface area is 124 Å². The summed E-state index contributed by atoms with van der Waals surface area (Å²) >= 11 is 2.08. The van der Waals surface area contributed by atoms with Crippen LogP contribution in [0.5, 0.6) is 0 Å². The van der Waals surface area contributed by atoms with E-state index in [0.717, 1.165) is 21.5 Å². The third-order valence-electron chi connectivity index (χ3n) is 2.49. The number of aromatic nitrogens is 3. The lowest BCUT2D eigenvalue weighted by Crippen LogP contribution is -2.18. The van der Waals surface area contributed by atoms with E-state index in [9.17, 15) is 4.39 Å². The van der Waals surface area contributed by atoms with Crippen LogP contribution >= 0.6 is 22.6 Å². The Hall–Kier alpha value is -1.06. The van der Waals surface area contributed by atoms with Crippen molar-refractivity contribution >= 4 is 22.6 Å². The molecule has 2 rings (SSSR count). The van der Waals surface area contributed by atoms with Gasteiger partial charge >= 0.3 is 0 Å². The fourth-order valence-electron chi connectivity index (χ4n) is 1.55. The Kier molecular flexibility index (Phi) is 5.23. The maximum atomic E-state index is 13.0. The number of nitrogens with zero attached hydrogens (tertiary/aromatic N) is 3. The first kappa shape index (κ1) is 14.4. The average molecular weight is 376 g/mol. The molecule has 0 radical (unpaired) electrons. The van der Waals surface area contributed by atoms with Gasteiger partial charge in [-0.25, -0.2) is 9.07 Å². The van der Waals surface area contributed by atoms with E-state index in [1.165, 1.54) is 12.1 Å². The molecular formula is C12H14FIN4O. The third-order valence-corrected chi connectivity index (χ3v) is 3.35. The maximum absolute atomic E-state index is 13.0. The third kappa shape index (κ3) is 3.95. The molecule has 1 aromatic carbocycles. The molecule has 2 aromatic rings. The first-order chi connectivity index (χ1) is 9.20. The van der Waals surface area contributed by atoms with Crippen LogP contribution in [0.1, 0.15) is 5.69 Å². The first-order valence-corrected chi connectivity index (χ1v) is 6.85. The van der Waals surface area contributed by atoms with Crippen LogP contribution in [0.3, 0.4) is 0 Å². The second-order valence-corrected chi connectivity index (χ2v) is 5.08. The summed E-state index contributed by atoms with van der Waals surface area (Å²) in [5.74, 6) is -0.255. The summed E-state index contributed by atoms with van der Waals surface area (Å²) in [6.45, 7) is 2.04. The number of nitrogens with one attached hydrogen (secondary N) is 1. The van der Waals surface area contributed by atoms with E-state index >= 15 is 0 Å².